The van der Waals surface area contributed by atoms with Crippen molar-refractivity contribution in [3.8, 4) is 5.75 Å². The molecule has 0 bridgehead atoms. The van der Waals surface area contributed by atoms with Gasteiger partial charge in [-0.15, -0.1) is 0 Å². The van der Waals surface area contributed by atoms with E-state index in [1.54, 1.807) is 29.2 Å². The van der Waals surface area contributed by atoms with Crippen LogP contribution in [-0.4, -0.2) is 49.0 Å². The number of ether oxygens (including phenoxy) is 2. The van der Waals surface area contributed by atoms with Gasteiger partial charge in [0.1, 0.15) is 5.75 Å². The van der Waals surface area contributed by atoms with Crippen molar-refractivity contribution in [3.63, 3.8) is 0 Å². The number of rotatable bonds is 7. The third-order valence-corrected chi connectivity index (χ3v) is 4.34. The van der Waals surface area contributed by atoms with E-state index in [4.69, 9.17) is 9.47 Å². The Kier molecular flexibility index (Phi) is 6.79. The number of carbonyl (C=O) groups excluding carboxylic acids is 2. The predicted octanol–water partition coefficient (Wildman–Crippen LogP) is 3.07. The monoisotopic (exact) mass is 333 g/mol. The summed E-state index contributed by atoms with van der Waals surface area (Å²) in [4.78, 5) is 27.1. The molecule has 132 valence electrons. The number of Topliss-reactive ketones (excluding diaryl/α,β-unsaturated/α-hetero) is 1. The third kappa shape index (κ3) is 4.57. The maximum atomic E-state index is 12.8. The largest absolute Gasteiger partial charge is 0.496 e. The summed E-state index contributed by atoms with van der Waals surface area (Å²) < 4.78 is 10.8. The van der Waals surface area contributed by atoms with Crippen molar-refractivity contribution in [2.45, 2.75) is 51.7 Å². The first-order valence-electron chi connectivity index (χ1n) is 8.64. The Labute approximate surface area is 143 Å². The van der Waals surface area contributed by atoms with Crippen LogP contribution in [0.1, 0.15) is 49.9 Å². The van der Waals surface area contributed by atoms with Crippen molar-refractivity contribution in [2.75, 3.05) is 20.3 Å². The fraction of sp³-hybridized carbons (Fsp3) is 0.579. The van der Waals surface area contributed by atoms with Crippen molar-refractivity contribution in [1.82, 2.24) is 4.90 Å². The van der Waals surface area contributed by atoms with E-state index in [1.165, 1.54) is 7.11 Å². The zero-order valence-corrected chi connectivity index (χ0v) is 14.8. The average molecular weight is 333 g/mol. The van der Waals surface area contributed by atoms with Gasteiger partial charge in [-0.3, -0.25) is 9.59 Å². The van der Waals surface area contributed by atoms with Gasteiger partial charge in [0, 0.05) is 19.2 Å². The zero-order valence-electron chi connectivity index (χ0n) is 14.8. The van der Waals surface area contributed by atoms with Gasteiger partial charge in [0.2, 0.25) is 0 Å². The lowest BCUT2D eigenvalue weighted by Gasteiger charge is -2.35. The molecule has 0 aromatic heterocycles. The van der Waals surface area contributed by atoms with E-state index >= 15 is 0 Å². The number of piperidine rings is 1. The van der Waals surface area contributed by atoms with Crippen molar-refractivity contribution in [2.24, 2.45) is 0 Å². The van der Waals surface area contributed by atoms with Crippen molar-refractivity contribution in [1.29, 1.82) is 0 Å². The summed E-state index contributed by atoms with van der Waals surface area (Å²) in [6.45, 7) is 5.23. The Morgan fingerprint density at radius 1 is 1.25 bits per heavy atom. The molecule has 5 heteroatoms. The van der Waals surface area contributed by atoms with E-state index in [0.29, 0.717) is 24.5 Å². The Bertz CT molecular complexity index is 570. The predicted molar refractivity (Wildman–Crippen MR) is 92.4 cm³/mol. The summed E-state index contributed by atoms with van der Waals surface area (Å²) in [6.07, 6.45) is 3.88. The molecule has 2 rings (SSSR count). The number of amides is 1. The van der Waals surface area contributed by atoms with Gasteiger partial charge >= 0.3 is 0 Å². The van der Waals surface area contributed by atoms with Crippen LogP contribution in [0.3, 0.4) is 0 Å². The highest BCUT2D eigenvalue weighted by Crippen LogP contribution is 2.23. The zero-order chi connectivity index (χ0) is 17.5. The Hall–Kier alpha value is -1.88. The molecule has 1 aliphatic rings. The number of methoxy groups -OCH3 is 1. The topological polar surface area (TPSA) is 55.8 Å². The molecular formula is C19H27NO4. The molecule has 0 N–H and O–H groups in total. The summed E-state index contributed by atoms with van der Waals surface area (Å²) in [7, 11) is 1.50. The second kappa shape index (κ2) is 8.83. The molecule has 0 saturated carbocycles. The summed E-state index contributed by atoms with van der Waals surface area (Å²) in [5, 5.41) is 0. The molecular weight excluding hydrogens is 306 g/mol. The highest BCUT2D eigenvalue weighted by Gasteiger charge is 2.32. The second-order valence-electron chi connectivity index (χ2n) is 6.39. The number of hydrogen-bond acceptors (Lipinski definition) is 4. The Morgan fingerprint density at radius 2 is 2.00 bits per heavy atom. The van der Waals surface area contributed by atoms with Crippen LogP contribution in [0.15, 0.2) is 24.3 Å². The van der Waals surface area contributed by atoms with Gasteiger partial charge in [-0.1, -0.05) is 12.1 Å². The number of ketones is 1. The van der Waals surface area contributed by atoms with Gasteiger partial charge in [0.15, 0.2) is 0 Å². The molecule has 1 atom stereocenters. The molecule has 5 nitrogen and oxygen atoms in total. The standard InChI is InChI=1S/C19H27NO4/c1-14(2)24-13-11-15-8-6-7-12-20(15)19(22)18(21)16-9-4-5-10-17(16)23-3/h4-5,9-10,14-15H,6-8,11-13H2,1-3H3/t15-/m1/s1. The number of likely N-dealkylation sites (tertiary alicyclic amines) is 1. The average Bonchev–Trinajstić information content (AvgIpc) is 2.60. The first-order valence-corrected chi connectivity index (χ1v) is 8.64. The first kappa shape index (κ1) is 18.5. The van der Waals surface area contributed by atoms with E-state index < -0.39 is 11.7 Å². The number of hydrogen-bond donors (Lipinski definition) is 0. The number of benzene rings is 1. The van der Waals surface area contributed by atoms with Gasteiger partial charge in [-0.05, 0) is 51.7 Å². The molecule has 0 spiro atoms. The molecule has 1 aromatic rings. The Morgan fingerprint density at radius 3 is 2.71 bits per heavy atom. The molecule has 0 radical (unpaired) electrons. The minimum absolute atomic E-state index is 0.0728. The van der Waals surface area contributed by atoms with Crippen molar-refractivity contribution >= 4 is 11.7 Å². The van der Waals surface area contributed by atoms with Crippen LogP contribution in [0.25, 0.3) is 0 Å². The molecule has 1 amide bonds. The normalized spacial score (nSPS) is 17.8. The molecule has 0 unspecified atom stereocenters. The lowest BCUT2D eigenvalue weighted by molar-refractivity contribution is -0.130. The van der Waals surface area contributed by atoms with Crippen LogP contribution in [-0.2, 0) is 9.53 Å². The summed E-state index contributed by atoms with van der Waals surface area (Å²) in [6, 6.07) is 6.94. The van der Waals surface area contributed by atoms with Crippen LogP contribution in [0.2, 0.25) is 0 Å². The molecule has 1 aromatic carbocycles. The minimum Gasteiger partial charge on any atom is -0.496 e. The van der Waals surface area contributed by atoms with Gasteiger partial charge < -0.3 is 14.4 Å². The number of para-hydroxylation sites is 1. The maximum absolute atomic E-state index is 12.8. The van der Waals surface area contributed by atoms with Crippen LogP contribution in [0.5, 0.6) is 5.75 Å². The summed E-state index contributed by atoms with van der Waals surface area (Å²) in [5.74, 6) is -0.495. The lowest BCUT2D eigenvalue weighted by Crippen LogP contribution is -2.47. The molecule has 1 aliphatic heterocycles. The smallest absolute Gasteiger partial charge is 0.295 e. The number of carbonyl (C=O) groups is 2. The molecule has 0 aliphatic carbocycles. The first-order chi connectivity index (χ1) is 11.5. The van der Waals surface area contributed by atoms with Crippen LogP contribution < -0.4 is 4.74 Å². The van der Waals surface area contributed by atoms with Gasteiger partial charge in [0.05, 0.1) is 18.8 Å². The summed E-state index contributed by atoms with van der Waals surface area (Å²) >= 11 is 0. The SMILES string of the molecule is COc1ccccc1C(=O)C(=O)N1CCCC[C@@H]1CCOC(C)C. The lowest BCUT2D eigenvalue weighted by atomic mass is 9.98. The highest BCUT2D eigenvalue weighted by atomic mass is 16.5. The van der Waals surface area contributed by atoms with Crippen molar-refractivity contribution < 1.29 is 19.1 Å². The van der Waals surface area contributed by atoms with Gasteiger partial charge in [-0.25, -0.2) is 0 Å². The van der Waals surface area contributed by atoms with E-state index in [0.717, 1.165) is 25.7 Å². The van der Waals surface area contributed by atoms with Crippen LogP contribution in [0, 0.1) is 0 Å². The second-order valence-corrected chi connectivity index (χ2v) is 6.39. The number of nitrogens with zero attached hydrogens (tertiary/aromatic N) is 1. The van der Waals surface area contributed by atoms with E-state index in [2.05, 4.69) is 0 Å². The highest BCUT2D eigenvalue weighted by molar-refractivity contribution is 6.43. The van der Waals surface area contributed by atoms with E-state index in [-0.39, 0.29) is 12.1 Å². The van der Waals surface area contributed by atoms with E-state index in [1.807, 2.05) is 13.8 Å². The Balaban J connectivity index is 2.08. The molecule has 24 heavy (non-hydrogen) atoms. The molecule has 1 saturated heterocycles. The molecule has 1 fully saturated rings. The quantitative estimate of drug-likeness (QED) is 0.568. The van der Waals surface area contributed by atoms with Crippen molar-refractivity contribution in [3.05, 3.63) is 29.8 Å². The van der Waals surface area contributed by atoms with Gasteiger partial charge in [-0.2, -0.15) is 0 Å². The van der Waals surface area contributed by atoms with Crippen LogP contribution >= 0.6 is 0 Å². The van der Waals surface area contributed by atoms with Crippen LogP contribution in [0.4, 0.5) is 0 Å². The van der Waals surface area contributed by atoms with Gasteiger partial charge in [0.25, 0.3) is 11.7 Å². The maximum Gasteiger partial charge on any atom is 0.295 e. The summed E-state index contributed by atoms with van der Waals surface area (Å²) in [5.41, 5.74) is 0.327. The third-order valence-electron chi connectivity index (χ3n) is 4.34. The van der Waals surface area contributed by atoms with E-state index in [9.17, 15) is 9.59 Å². The minimum atomic E-state index is -0.496. The fourth-order valence-electron chi connectivity index (χ4n) is 3.09. The molecule has 1 heterocycles. The fourth-order valence-corrected chi connectivity index (χ4v) is 3.09.